The molecule has 0 radical (unpaired) electrons. The Bertz CT molecular complexity index is 1410. The van der Waals surface area contributed by atoms with E-state index in [1.807, 2.05) is 11.4 Å². The van der Waals surface area contributed by atoms with Gasteiger partial charge in [0.05, 0.1) is 16.6 Å². The van der Waals surface area contributed by atoms with Crippen LogP contribution in [-0.2, 0) is 4.79 Å². The first-order valence-electron chi connectivity index (χ1n) is 10.1. The smallest absolute Gasteiger partial charge is 0.358 e. The highest BCUT2D eigenvalue weighted by molar-refractivity contribution is 6.31. The van der Waals surface area contributed by atoms with E-state index in [9.17, 15) is 18.0 Å². The van der Waals surface area contributed by atoms with E-state index in [0.29, 0.717) is 38.3 Å². The third-order valence-electron chi connectivity index (χ3n) is 4.98. The summed E-state index contributed by atoms with van der Waals surface area (Å²) in [6, 6.07) is 9.50. The van der Waals surface area contributed by atoms with Gasteiger partial charge in [-0.15, -0.1) is 0 Å². The van der Waals surface area contributed by atoms with Crippen LogP contribution in [0.5, 0.6) is 0 Å². The van der Waals surface area contributed by atoms with Crippen molar-refractivity contribution in [1.29, 1.82) is 5.26 Å². The maximum absolute atomic E-state index is 12.6. The fraction of sp³-hybridized carbons (Fsp3) is 0.227. The Hall–Kier alpha value is -3.91. The van der Waals surface area contributed by atoms with Gasteiger partial charge in [-0.3, -0.25) is 4.79 Å². The molecule has 0 unspecified atom stereocenters. The summed E-state index contributed by atoms with van der Waals surface area (Å²) in [6.45, 7) is -1.48. The Kier molecular flexibility index (Phi) is 6.51. The quantitative estimate of drug-likeness (QED) is 0.331. The van der Waals surface area contributed by atoms with Crippen LogP contribution < -0.4 is 10.6 Å². The lowest BCUT2D eigenvalue weighted by molar-refractivity contribution is -0.138. The summed E-state index contributed by atoms with van der Waals surface area (Å²) >= 11 is 6.09. The molecule has 12 heteroatoms. The van der Waals surface area contributed by atoms with Crippen LogP contribution in [0.3, 0.4) is 0 Å². The minimum absolute atomic E-state index is 0. The fourth-order valence-corrected chi connectivity index (χ4v) is 3.58. The highest BCUT2D eigenvalue weighted by Crippen LogP contribution is 2.31. The predicted molar refractivity (Wildman–Crippen MR) is 125 cm³/mol. The number of carbonyl (C=O) groups excluding carboxylic acids is 1. The highest BCUT2D eigenvalue weighted by atomic mass is 35.5. The molecule has 0 saturated heterocycles. The number of para-hydroxylation sites is 1. The number of hydrogen-bond donors (Lipinski definition) is 3. The van der Waals surface area contributed by atoms with Gasteiger partial charge in [0.1, 0.15) is 24.1 Å². The van der Waals surface area contributed by atoms with E-state index < -0.39 is 24.7 Å². The summed E-state index contributed by atoms with van der Waals surface area (Å²) in [6.07, 6.45) is -1.45. The molecule has 1 atom stereocenters. The summed E-state index contributed by atoms with van der Waals surface area (Å²) in [5, 5.41) is 15.4. The molecule has 0 aliphatic heterocycles. The average Bonchev–Trinajstić information content (AvgIpc) is 3.22. The third-order valence-corrected chi connectivity index (χ3v) is 5.18. The van der Waals surface area contributed by atoms with Gasteiger partial charge >= 0.3 is 6.18 Å². The Balaban J connectivity index is 0.00000228. The van der Waals surface area contributed by atoms with Crippen LogP contribution in [0, 0.1) is 11.3 Å². The summed E-state index contributed by atoms with van der Waals surface area (Å²) in [4.78, 5) is 28.9. The Morgan fingerprint density at radius 1 is 1.26 bits per heavy atom. The minimum Gasteiger partial charge on any atom is -0.358 e. The second-order valence-corrected chi connectivity index (χ2v) is 7.83. The maximum atomic E-state index is 12.6. The molecule has 8 nitrogen and oxygen atoms in total. The topological polar surface area (TPSA) is 119 Å². The number of benzene rings is 1. The van der Waals surface area contributed by atoms with Crippen molar-refractivity contribution < 1.29 is 20.8 Å². The molecule has 34 heavy (non-hydrogen) atoms. The molecule has 178 valence electrons. The number of H-pyrrole nitrogens is 1. The first-order valence-corrected chi connectivity index (χ1v) is 10.5. The van der Waals surface area contributed by atoms with Gasteiger partial charge in [-0.05, 0) is 24.6 Å². The van der Waals surface area contributed by atoms with Crippen LogP contribution in [-0.4, -0.2) is 44.6 Å². The first kappa shape index (κ1) is 23.3. The second kappa shape index (κ2) is 9.52. The monoisotopic (exact) mass is 491 g/mol. The molecular formula is C22H21ClF3N7O. The number of carbonyl (C=O) groups is 1. The number of pyridine rings is 1. The molecule has 0 aliphatic rings. The normalized spacial score (nSPS) is 12.4. The number of aromatic nitrogens is 4. The average molecular weight is 492 g/mol. The molecule has 0 saturated carbocycles. The van der Waals surface area contributed by atoms with Gasteiger partial charge < -0.3 is 15.6 Å². The van der Waals surface area contributed by atoms with Gasteiger partial charge in [-0.1, -0.05) is 23.7 Å². The van der Waals surface area contributed by atoms with Crippen LogP contribution in [0.25, 0.3) is 33.3 Å². The number of nitrogens with zero attached hydrogens (tertiary/aromatic N) is 4. The van der Waals surface area contributed by atoms with Crippen molar-refractivity contribution in [2.45, 2.75) is 25.1 Å². The van der Waals surface area contributed by atoms with Crippen LogP contribution in [0.15, 0.2) is 42.7 Å². The van der Waals surface area contributed by atoms with Gasteiger partial charge in [0.25, 0.3) is 0 Å². The molecule has 0 spiro atoms. The maximum Gasteiger partial charge on any atom is 0.405 e. The van der Waals surface area contributed by atoms with Gasteiger partial charge in [-0.2, -0.15) is 18.4 Å². The molecule has 3 aromatic heterocycles. The zero-order chi connectivity index (χ0) is 24.3. The summed E-state index contributed by atoms with van der Waals surface area (Å²) in [5.41, 5.74) is 1.73. The van der Waals surface area contributed by atoms with E-state index in [2.05, 4.69) is 25.3 Å². The largest absolute Gasteiger partial charge is 0.405 e. The van der Waals surface area contributed by atoms with E-state index in [-0.39, 0.29) is 21.5 Å². The van der Waals surface area contributed by atoms with Crippen LogP contribution >= 0.6 is 11.6 Å². The van der Waals surface area contributed by atoms with E-state index >= 15 is 0 Å². The third kappa shape index (κ3) is 5.18. The number of halogens is 4. The molecule has 1 aromatic carbocycles. The van der Waals surface area contributed by atoms with Crippen molar-refractivity contribution in [2.75, 3.05) is 11.9 Å². The van der Waals surface area contributed by atoms with Crippen molar-refractivity contribution in [3.05, 3.63) is 47.7 Å². The van der Waals surface area contributed by atoms with Gasteiger partial charge in [0.15, 0.2) is 5.82 Å². The zero-order valence-electron chi connectivity index (χ0n) is 17.4. The van der Waals surface area contributed by atoms with Crippen molar-refractivity contribution in [3.63, 3.8) is 0 Å². The molecule has 1 amide bonds. The molecule has 0 aliphatic carbocycles. The molecule has 3 N–H and O–H groups in total. The highest BCUT2D eigenvalue weighted by Gasteiger charge is 2.30. The Labute approximate surface area is 199 Å². The lowest BCUT2D eigenvalue weighted by atomic mass is 10.1. The number of fused-ring (bicyclic) bond motifs is 2. The molecular weight excluding hydrogens is 471 g/mol. The molecule has 0 fully saturated rings. The molecule has 3 heterocycles. The lowest BCUT2D eigenvalue weighted by Crippen LogP contribution is -2.43. The van der Waals surface area contributed by atoms with E-state index in [1.54, 1.807) is 36.5 Å². The Morgan fingerprint density at radius 2 is 2.06 bits per heavy atom. The van der Waals surface area contributed by atoms with E-state index in [4.69, 9.17) is 16.9 Å². The molecule has 4 rings (SSSR count). The number of alkyl halides is 3. The number of anilines is 1. The molecule has 4 aromatic rings. The first-order chi connectivity index (χ1) is 16.2. The fourth-order valence-electron chi connectivity index (χ4n) is 3.42. The zero-order valence-corrected chi connectivity index (χ0v) is 18.2. The number of nitriles is 1. The van der Waals surface area contributed by atoms with Crippen molar-refractivity contribution in [1.82, 2.24) is 25.3 Å². The summed E-state index contributed by atoms with van der Waals surface area (Å²) in [7, 11) is 0. The van der Waals surface area contributed by atoms with Gasteiger partial charge in [0.2, 0.25) is 5.91 Å². The number of rotatable bonds is 7. The van der Waals surface area contributed by atoms with Crippen LogP contribution in [0.4, 0.5) is 19.0 Å². The van der Waals surface area contributed by atoms with E-state index in [0.717, 1.165) is 0 Å². The second-order valence-electron chi connectivity index (χ2n) is 7.39. The minimum atomic E-state index is -4.56. The summed E-state index contributed by atoms with van der Waals surface area (Å²) in [5.74, 6) is -0.346. The van der Waals surface area contributed by atoms with Crippen LogP contribution in [0.1, 0.15) is 15.7 Å². The molecule has 0 bridgehead atoms. The Morgan fingerprint density at radius 3 is 2.82 bits per heavy atom. The predicted octanol–water partition coefficient (Wildman–Crippen LogP) is 5.08. The van der Waals surface area contributed by atoms with Crippen molar-refractivity contribution >= 4 is 45.3 Å². The van der Waals surface area contributed by atoms with Gasteiger partial charge in [-0.25, -0.2) is 15.0 Å². The van der Waals surface area contributed by atoms with Gasteiger partial charge in [0, 0.05) is 38.0 Å². The number of amides is 1. The number of nitrogens with one attached hydrogen (secondary N) is 3. The lowest BCUT2D eigenvalue weighted by Gasteiger charge is -2.20. The SMILES string of the molecule is N#CCC[C@H](Nc1nc(-c2c[nH]c3ncc(Cl)cc23)nc2ccccc12)C(=O)NCC(F)(F)F.[HH].[HH]. The number of aromatic amines is 1. The standard InChI is InChI=1S/C22H17ClF3N7O.2H2/c23-12-8-14-15(10-29-18(14)28-9-12)20-31-16-5-2-1-4-13(16)19(33-20)32-17(6-3-7-27)21(34)30-11-22(24,25)26;;/h1-2,4-5,8-10,17H,3,6,11H2,(H,28,29)(H,30,34)(H,31,32,33);2*1H/t17-;;/m0../s1. The van der Waals surface area contributed by atoms with Crippen LogP contribution in [0.2, 0.25) is 5.02 Å². The van der Waals surface area contributed by atoms with Crippen molar-refractivity contribution in [2.24, 2.45) is 0 Å². The van der Waals surface area contributed by atoms with E-state index in [1.165, 1.54) is 6.20 Å². The number of hydrogen-bond acceptors (Lipinski definition) is 6. The van der Waals surface area contributed by atoms with Crippen molar-refractivity contribution in [3.8, 4) is 17.5 Å². The summed E-state index contributed by atoms with van der Waals surface area (Å²) < 4.78 is 37.8.